The Morgan fingerprint density at radius 1 is 1.36 bits per heavy atom. The van der Waals surface area contributed by atoms with E-state index in [1.54, 1.807) is 4.68 Å². The second-order valence-electron chi connectivity index (χ2n) is 7.28. The fraction of sp³-hybridized carbons (Fsp3) is 0.500. The van der Waals surface area contributed by atoms with Crippen LogP contribution in [0.4, 0.5) is 0 Å². The number of carbonyl (C=O) groups is 1. The number of nitrogens with one attached hydrogen (secondary N) is 1. The van der Waals surface area contributed by atoms with Crippen LogP contribution in [-0.2, 0) is 0 Å². The smallest absolute Gasteiger partial charge is 0.291 e. The van der Waals surface area contributed by atoms with E-state index in [1.165, 1.54) is 0 Å². The molecule has 6 nitrogen and oxygen atoms in total. The third kappa shape index (κ3) is 3.16. The first-order valence-electron chi connectivity index (χ1n) is 8.76. The molecule has 2 aliphatic carbocycles. The molecule has 1 amide bonds. The maximum atomic E-state index is 12.7. The van der Waals surface area contributed by atoms with Crippen molar-refractivity contribution in [2.45, 2.75) is 44.1 Å². The van der Waals surface area contributed by atoms with Crippen molar-refractivity contribution in [1.29, 1.82) is 0 Å². The quantitative estimate of drug-likeness (QED) is 0.830. The first-order valence-corrected chi connectivity index (χ1v) is 9.14. The van der Waals surface area contributed by atoms with E-state index in [-0.39, 0.29) is 11.7 Å². The molecule has 7 heteroatoms. The summed E-state index contributed by atoms with van der Waals surface area (Å²) in [6.07, 6.45) is 4.32. The minimum absolute atomic E-state index is 0.183. The van der Waals surface area contributed by atoms with E-state index in [1.807, 2.05) is 31.2 Å². The summed E-state index contributed by atoms with van der Waals surface area (Å²) in [5, 5.41) is 8.11. The molecule has 1 aromatic carbocycles. The number of benzene rings is 1. The van der Waals surface area contributed by atoms with Crippen LogP contribution in [0.5, 0.6) is 0 Å². The Labute approximate surface area is 151 Å². The molecule has 0 aliphatic heterocycles. The van der Waals surface area contributed by atoms with E-state index in [0.717, 1.165) is 37.2 Å². The Balaban J connectivity index is 1.66. The van der Waals surface area contributed by atoms with Gasteiger partial charge in [0, 0.05) is 12.5 Å². The molecule has 25 heavy (non-hydrogen) atoms. The average Bonchev–Trinajstić information content (AvgIpc) is 3.52. The van der Waals surface area contributed by atoms with Gasteiger partial charge in [0.2, 0.25) is 5.82 Å². The predicted molar refractivity (Wildman–Crippen MR) is 96.0 cm³/mol. The fourth-order valence-electron chi connectivity index (χ4n) is 3.18. The van der Waals surface area contributed by atoms with E-state index < -0.39 is 5.54 Å². The zero-order valence-corrected chi connectivity index (χ0v) is 15.0. The molecule has 0 bridgehead atoms. The number of amides is 1. The molecule has 4 rings (SSSR count). The lowest BCUT2D eigenvalue weighted by Gasteiger charge is -2.28. The molecular formula is C18H22ClN5O. The Morgan fingerprint density at radius 2 is 2.08 bits per heavy atom. The number of nitrogens with two attached hydrogens (primary N) is 1. The Hall–Kier alpha value is -1.92. The number of hydrogen-bond acceptors (Lipinski definition) is 4. The van der Waals surface area contributed by atoms with Crippen molar-refractivity contribution in [2.24, 2.45) is 11.7 Å². The van der Waals surface area contributed by atoms with Gasteiger partial charge in [-0.2, -0.15) is 0 Å². The molecule has 0 spiro atoms. The molecule has 2 fully saturated rings. The maximum Gasteiger partial charge on any atom is 0.291 e. The van der Waals surface area contributed by atoms with Crippen molar-refractivity contribution in [3.05, 3.63) is 40.9 Å². The summed E-state index contributed by atoms with van der Waals surface area (Å²) in [6, 6.07) is 7.47. The summed E-state index contributed by atoms with van der Waals surface area (Å²) < 4.78 is 1.71. The van der Waals surface area contributed by atoms with Gasteiger partial charge in [-0.1, -0.05) is 23.7 Å². The van der Waals surface area contributed by atoms with Gasteiger partial charge in [-0.15, -0.1) is 5.10 Å². The molecule has 0 saturated heterocycles. The van der Waals surface area contributed by atoms with Crippen LogP contribution in [0.15, 0.2) is 24.3 Å². The highest BCUT2D eigenvalue weighted by atomic mass is 35.5. The van der Waals surface area contributed by atoms with Crippen molar-refractivity contribution in [3.63, 3.8) is 0 Å². The number of para-hydroxylation sites is 1. The summed E-state index contributed by atoms with van der Waals surface area (Å²) in [4.78, 5) is 17.3. The molecule has 1 heterocycles. The van der Waals surface area contributed by atoms with Crippen LogP contribution < -0.4 is 11.1 Å². The number of halogens is 1. The van der Waals surface area contributed by atoms with Gasteiger partial charge < -0.3 is 11.1 Å². The Kier molecular flexibility index (Phi) is 4.04. The number of carbonyl (C=O) groups excluding carboxylic acids is 1. The molecular weight excluding hydrogens is 338 g/mol. The van der Waals surface area contributed by atoms with Crippen LogP contribution in [0, 0.1) is 5.92 Å². The molecule has 2 aromatic rings. The van der Waals surface area contributed by atoms with Gasteiger partial charge in [-0.05, 0) is 50.7 Å². The van der Waals surface area contributed by atoms with E-state index in [2.05, 4.69) is 15.4 Å². The van der Waals surface area contributed by atoms with Crippen molar-refractivity contribution in [1.82, 2.24) is 20.1 Å². The average molecular weight is 360 g/mol. The SMILES string of the molecule is CC(CN)(NC(=O)c1nc(C2CC2)n(-c2ccccc2Cl)n1)C1CC1. The lowest BCUT2D eigenvalue weighted by molar-refractivity contribution is 0.0887. The summed E-state index contributed by atoms with van der Waals surface area (Å²) in [5.41, 5.74) is 6.26. The molecule has 3 N–H and O–H groups in total. The highest BCUT2D eigenvalue weighted by molar-refractivity contribution is 6.32. The fourth-order valence-corrected chi connectivity index (χ4v) is 3.40. The van der Waals surface area contributed by atoms with E-state index >= 15 is 0 Å². The summed E-state index contributed by atoms with van der Waals surface area (Å²) in [6.45, 7) is 2.40. The van der Waals surface area contributed by atoms with Crippen LogP contribution in [-0.4, -0.2) is 32.8 Å². The lowest BCUT2D eigenvalue weighted by atomic mass is 9.96. The largest absolute Gasteiger partial charge is 0.343 e. The second-order valence-corrected chi connectivity index (χ2v) is 7.69. The molecule has 1 unspecified atom stereocenters. The third-order valence-corrected chi connectivity index (χ3v) is 5.48. The van der Waals surface area contributed by atoms with Crippen LogP contribution in [0.1, 0.15) is 55.0 Å². The minimum Gasteiger partial charge on any atom is -0.343 e. The number of hydrogen-bond donors (Lipinski definition) is 2. The zero-order chi connectivity index (χ0) is 17.6. The molecule has 132 valence electrons. The number of rotatable bonds is 6. The normalized spacial score (nSPS) is 19.5. The third-order valence-electron chi connectivity index (χ3n) is 5.16. The number of nitrogens with zero attached hydrogens (tertiary/aromatic N) is 3. The first-order chi connectivity index (χ1) is 12.0. The van der Waals surface area contributed by atoms with Crippen molar-refractivity contribution >= 4 is 17.5 Å². The summed E-state index contributed by atoms with van der Waals surface area (Å²) in [7, 11) is 0. The van der Waals surface area contributed by atoms with E-state index in [4.69, 9.17) is 17.3 Å². The minimum atomic E-state index is -0.396. The van der Waals surface area contributed by atoms with Gasteiger partial charge in [-0.3, -0.25) is 4.79 Å². The monoisotopic (exact) mass is 359 g/mol. The van der Waals surface area contributed by atoms with Crippen LogP contribution in [0.2, 0.25) is 5.02 Å². The topological polar surface area (TPSA) is 85.8 Å². The van der Waals surface area contributed by atoms with Gasteiger partial charge >= 0.3 is 0 Å². The van der Waals surface area contributed by atoms with Crippen molar-refractivity contribution < 1.29 is 4.79 Å². The van der Waals surface area contributed by atoms with Crippen molar-refractivity contribution in [2.75, 3.05) is 6.54 Å². The number of aromatic nitrogens is 3. The van der Waals surface area contributed by atoms with Crippen LogP contribution in [0.25, 0.3) is 5.69 Å². The van der Waals surface area contributed by atoms with Gasteiger partial charge in [0.15, 0.2) is 0 Å². The van der Waals surface area contributed by atoms with Gasteiger partial charge in [0.05, 0.1) is 16.2 Å². The maximum absolute atomic E-state index is 12.7. The molecule has 1 aromatic heterocycles. The summed E-state index contributed by atoms with van der Waals surface area (Å²) in [5.74, 6) is 1.50. The zero-order valence-electron chi connectivity index (χ0n) is 14.2. The molecule has 1 atom stereocenters. The Morgan fingerprint density at radius 3 is 2.68 bits per heavy atom. The molecule has 2 aliphatic rings. The van der Waals surface area contributed by atoms with E-state index in [0.29, 0.717) is 23.4 Å². The Bertz CT molecular complexity index is 812. The highest BCUT2D eigenvalue weighted by Crippen LogP contribution is 2.41. The molecule has 0 radical (unpaired) electrons. The van der Waals surface area contributed by atoms with Crippen molar-refractivity contribution in [3.8, 4) is 5.69 Å². The van der Waals surface area contributed by atoms with Crippen LogP contribution in [0.3, 0.4) is 0 Å². The highest BCUT2D eigenvalue weighted by Gasteiger charge is 2.42. The standard InChI is InChI=1S/C18H22ClN5O/c1-18(10-20,12-8-9-12)22-17(25)15-21-16(11-6-7-11)24(23-15)14-5-3-2-4-13(14)19/h2-5,11-12H,6-10,20H2,1H3,(H,22,25). The van der Waals surface area contributed by atoms with Gasteiger partial charge in [-0.25, -0.2) is 9.67 Å². The molecule has 2 saturated carbocycles. The second kappa shape index (κ2) is 6.11. The van der Waals surface area contributed by atoms with Gasteiger partial charge in [0.1, 0.15) is 5.82 Å². The van der Waals surface area contributed by atoms with E-state index in [9.17, 15) is 4.79 Å². The predicted octanol–water partition coefficient (Wildman–Crippen LogP) is 2.66. The first kappa shape index (κ1) is 16.5. The van der Waals surface area contributed by atoms with Crippen LogP contribution >= 0.6 is 11.6 Å². The van der Waals surface area contributed by atoms with Gasteiger partial charge in [0.25, 0.3) is 5.91 Å². The summed E-state index contributed by atoms with van der Waals surface area (Å²) >= 11 is 6.32. The lowest BCUT2D eigenvalue weighted by Crippen LogP contribution is -2.53.